The minimum Gasteiger partial charge on any atom is -0.0623 e. The predicted molar refractivity (Wildman–Crippen MR) is 51.0 cm³/mol. The second kappa shape index (κ2) is 13.4. The fourth-order valence-electron chi connectivity index (χ4n) is 0.385. The van der Waals surface area contributed by atoms with Gasteiger partial charge in [-0.3, -0.25) is 0 Å². The molecule has 1 N–H and O–H groups in total. The number of aliphatic hydroxyl groups is 1. The molecule has 1 aromatic carbocycles. The molecule has 0 bridgehead atoms. The fraction of sp³-hybridized carbons (Fsp3) is 0.333. The molecule has 0 heterocycles. The minimum absolute atomic E-state index is 0. The molecule has 0 unspecified atom stereocenters. The van der Waals surface area contributed by atoms with Gasteiger partial charge in [0.05, 0.1) is 0 Å². The summed E-state index contributed by atoms with van der Waals surface area (Å²) in [5.41, 5.74) is 0. The van der Waals surface area contributed by atoms with Gasteiger partial charge in [0.2, 0.25) is 0 Å². The topological polar surface area (TPSA) is 20.2 Å². The van der Waals surface area contributed by atoms with Crippen LogP contribution < -0.4 is 0 Å². The molecule has 1 rings (SSSR count). The van der Waals surface area contributed by atoms with Crippen LogP contribution >= 0.6 is 0 Å². The average Bonchev–Trinajstić information content (AvgIpc) is 2.08. The van der Waals surface area contributed by atoms with Gasteiger partial charge in [-0.1, -0.05) is 43.3 Å². The molecular weight excluding hydrogens is 163 g/mol. The standard InChI is InChI=1S/C6H6.C3H8O.K.H/c1-2-4-6-5-3-1;1-2-3-4;;/h1-6H;4H,2-3H2,1H3;;. The zero-order valence-corrected chi connectivity index (χ0v) is 6.33. The Labute approximate surface area is 111 Å². The Bertz CT molecular complexity index is 102. The van der Waals surface area contributed by atoms with E-state index >= 15 is 0 Å². The summed E-state index contributed by atoms with van der Waals surface area (Å²) < 4.78 is 0. The van der Waals surface area contributed by atoms with Gasteiger partial charge >= 0.3 is 51.4 Å². The van der Waals surface area contributed by atoms with Crippen LogP contribution in [0.25, 0.3) is 0 Å². The second-order valence-corrected chi connectivity index (χ2v) is 1.88. The molecule has 0 radical (unpaired) electrons. The van der Waals surface area contributed by atoms with Crippen molar-refractivity contribution in [3.05, 3.63) is 36.4 Å². The minimum atomic E-state index is 0. The molecule has 0 aliphatic rings. The van der Waals surface area contributed by atoms with Gasteiger partial charge in [-0.2, -0.15) is 0 Å². The Kier molecular flexibility index (Phi) is 17.5. The number of benzene rings is 1. The van der Waals surface area contributed by atoms with Gasteiger partial charge in [-0.15, -0.1) is 0 Å². The van der Waals surface area contributed by atoms with E-state index in [2.05, 4.69) is 0 Å². The summed E-state index contributed by atoms with van der Waals surface area (Å²) >= 11 is 0. The third-order valence-electron chi connectivity index (χ3n) is 0.890. The molecule has 0 saturated carbocycles. The van der Waals surface area contributed by atoms with Crippen molar-refractivity contribution in [2.75, 3.05) is 6.61 Å². The summed E-state index contributed by atoms with van der Waals surface area (Å²) in [5, 5.41) is 7.88. The maximum Gasteiger partial charge on any atom is -0.0623 e. The Balaban J connectivity index is 0. The summed E-state index contributed by atoms with van der Waals surface area (Å²) in [6, 6.07) is 12.0. The molecule has 0 aliphatic heterocycles. The Morgan fingerprint density at radius 3 is 1.18 bits per heavy atom. The van der Waals surface area contributed by atoms with E-state index in [1.54, 1.807) is 0 Å². The van der Waals surface area contributed by atoms with E-state index in [9.17, 15) is 0 Å². The largest absolute Gasteiger partial charge is 0.0623 e. The smallest absolute Gasteiger partial charge is 0.0623 e. The normalized spacial score (nSPS) is 7.09. The van der Waals surface area contributed by atoms with Gasteiger partial charge in [0, 0.05) is 6.61 Å². The summed E-state index contributed by atoms with van der Waals surface area (Å²) in [4.78, 5) is 0. The van der Waals surface area contributed by atoms with Crippen LogP contribution in [0.1, 0.15) is 13.3 Å². The van der Waals surface area contributed by atoms with Crippen molar-refractivity contribution in [3.63, 3.8) is 0 Å². The first-order valence-electron chi connectivity index (χ1n) is 3.52. The molecule has 0 fully saturated rings. The molecule has 11 heavy (non-hydrogen) atoms. The van der Waals surface area contributed by atoms with Gasteiger partial charge in [0.1, 0.15) is 0 Å². The molecule has 0 spiro atoms. The van der Waals surface area contributed by atoms with E-state index in [-0.39, 0.29) is 51.4 Å². The van der Waals surface area contributed by atoms with Crippen molar-refractivity contribution in [1.29, 1.82) is 0 Å². The third kappa shape index (κ3) is 13.8. The predicted octanol–water partition coefficient (Wildman–Crippen LogP) is 1.43. The molecule has 2 heteroatoms. The average molecular weight is 178 g/mol. The van der Waals surface area contributed by atoms with Gasteiger partial charge in [0.25, 0.3) is 0 Å². The van der Waals surface area contributed by atoms with E-state index in [1.807, 2.05) is 43.3 Å². The van der Waals surface area contributed by atoms with Gasteiger partial charge < -0.3 is 5.11 Å². The van der Waals surface area contributed by atoms with Crippen LogP contribution in [0.4, 0.5) is 0 Å². The summed E-state index contributed by atoms with van der Waals surface area (Å²) in [6.45, 7) is 2.25. The Hall–Kier alpha value is 0.816. The SMILES string of the molecule is CCCO.[KH].c1ccccc1. The maximum atomic E-state index is 7.88. The molecular formula is C9H15KO. The van der Waals surface area contributed by atoms with Crippen molar-refractivity contribution in [3.8, 4) is 0 Å². The summed E-state index contributed by atoms with van der Waals surface area (Å²) in [7, 11) is 0. The Morgan fingerprint density at radius 2 is 1.09 bits per heavy atom. The van der Waals surface area contributed by atoms with Crippen molar-refractivity contribution in [1.82, 2.24) is 0 Å². The molecule has 0 aromatic heterocycles. The van der Waals surface area contributed by atoms with Gasteiger partial charge in [-0.05, 0) is 6.42 Å². The first-order chi connectivity index (χ1) is 4.91. The Morgan fingerprint density at radius 1 is 0.909 bits per heavy atom. The van der Waals surface area contributed by atoms with Crippen molar-refractivity contribution >= 4 is 51.4 Å². The number of rotatable bonds is 1. The van der Waals surface area contributed by atoms with Crippen LogP contribution in [0.15, 0.2) is 36.4 Å². The van der Waals surface area contributed by atoms with Crippen LogP contribution in [-0.2, 0) is 0 Å². The molecule has 0 atom stereocenters. The second-order valence-electron chi connectivity index (χ2n) is 1.88. The fourth-order valence-corrected chi connectivity index (χ4v) is 0.385. The van der Waals surface area contributed by atoms with E-state index < -0.39 is 0 Å². The van der Waals surface area contributed by atoms with Crippen LogP contribution in [0.2, 0.25) is 0 Å². The van der Waals surface area contributed by atoms with E-state index in [4.69, 9.17) is 5.11 Å². The van der Waals surface area contributed by atoms with Crippen LogP contribution in [0.5, 0.6) is 0 Å². The van der Waals surface area contributed by atoms with Gasteiger partial charge in [0.15, 0.2) is 0 Å². The quantitative estimate of drug-likeness (QED) is 0.645. The molecule has 0 saturated heterocycles. The maximum absolute atomic E-state index is 7.88. The molecule has 0 amide bonds. The first kappa shape index (κ1) is 14.3. The van der Waals surface area contributed by atoms with E-state index in [0.29, 0.717) is 6.61 Å². The van der Waals surface area contributed by atoms with E-state index in [1.165, 1.54) is 0 Å². The number of hydrogen-bond donors (Lipinski definition) is 1. The molecule has 1 aromatic rings. The van der Waals surface area contributed by atoms with Crippen molar-refractivity contribution in [2.45, 2.75) is 13.3 Å². The number of hydrogen-bond acceptors (Lipinski definition) is 1. The zero-order chi connectivity index (χ0) is 7.66. The van der Waals surface area contributed by atoms with Crippen LogP contribution in [0, 0.1) is 0 Å². The van der Waals surface area contributed by atoms with Crippen molar-refractivity contribution < 1.29 is 5.11 Å². The van der Waals surface area contributed by atoms with E-state index in [0.717, 1.165) is 6.42 Å². The third-order valence-corrected chi connectivity index (χ3v) is 0.890. The summed E-state index contributed by atoms with van der Waals surface area (Å²) in [5.74, 6) is 0. The molecule has 58 valence electrons. The summed E-state index contributed by atoms with van der Waals surface area (Å²) in [6.07, 6.45) is 0.875. The monoisotopic (exact) mass is 178 g/mol. The van der Waals surface area contributed by atoms with Crippen LogP contribution in [0.3, 0.4) is 0 Å². The first-order valence-corrected chi connectivity index (χ1v) is 3.52. The zero-order valence-electron chi connectivity index (χ0n) is 6.33. The van der Waals surface area contributed by atoms with Crippen molar-refractivity contribution in [2.24, 2.45) is 0 Å². The van der Waals surface area contributed by atoms with Gasteiger partial charge in [-0.25, -0.2) is 0 Å². The molecule has 0 aliphatic carbocycles. The van der Waals surface area contributed by atoms with Crippen LogP contribution in [-0.4, -0.2) is 63.1 Å². The molecule has 1 nitrogen and oxygen atoms in total. The number of aliphatic hydroxyl groups excluding tert-OH is 1.